The molecule has 206 valence electrons. The molecule has 0 radical (unpaired) electrons. The Bertz CT molecular complexity index is 1650. The lowest BCUT2D eigenvalue weighted by Crippen LogP contribution is -2.13. The van der Waals surface area contributed by atoms with E-state index in [2.05, 4.69) is 9.44 Å². The Morgan fingerprint density at radius 3 is 1.18 bits per heavy atom. The third kappa shape index (κ3) is 6.90. The summed E-state index contributed by atoms with van der Waals surface area (Å²) in [4.78, 5) is 21.2. The van der Waals surface area contributed by atoms with E-state index >= 15 is 0 Å². The zero-order valence-electron chi connectivity index (χ0n) is 20.0. The van der Waals surface area contributed by atoms with Crippen LogP contribution in [-0.2, 0) is 20.0 Å². The highest BCUT2D eigenvalue weighted by Gasteiger charge is 2.20. The summed E-state index contributed by atoms with van der Waals surface area (Å²) in [6.07, 6.45) is 0. The summed E-state index contributed by atoms with van der Waals surface area (Å²) in [5.74, 6) is 0. The largest absolute Gasteiger partial charge is 0.278 e. The molecule has 0 fully saturated rings. The molecule has 0 amide bonds. The molecule has 4 rings (SSSR count). The molecule has 0 atom stereocenters. The number of nitro benzene ring substituents is 2. The van der Waals surface area contributed by atoms with Crippen LogP contribution in [0.5, 0.6) is 0 Å². The number of non-ortho nitro benzene ring substituents is 2. The maximum Gasteiger partial charge on any atom is 0.269 e. The molecule has 0 saturated carbocycles. The summed E-state index contributed by atoms with van der Waals surface area (Å²) < 4.78 is 56.6. The van der Waals surface area contributed by atoms with Crippen molar-refractivity contribution in [3.8, 4) is 0 Å². The van der Waals surface area contributed by atoms with Gasteiger partial charge in [-0.05, 0) is 48.5 Å². The second kappa shape index (κ2) is 12.0. The van der Waals surface area contributed by atoms with E-state index in [9.17, 15) is 37.1 Å². The van der Waals surface area contributed by atoms with Gasteiger partial charge in [-0.25, -0.2) is 16.8 Å². The molecule has 4 aromatic carbocycles. The summed E-state index contributed by atoms with van der Waals surface area (Å²) in [6.45, 7) is 0. The zero-order valence-corrected chi connectivity index (χ0v) is 23.3. The van der Waals surface area contributed by atoms with Gasteiger partial charge in [0.25, 0.3) is 31.4 Å². The second-order valence-electron chi connectivity index (χ2n) is 7.87. The van der Waals surface area contributed by atoms with Crippen LogP contribution in [0.15, 0.2) is 117 Å². The number of nitrogens with one attached hydrogen (secondary N) is 2. The number of anilines is 2. The first-order valence-corrected chi connectivity index (χ1v) is 16.1. The van der Waals surface area contributed by atoms with Gasteiger partial charge in [-0.1, -0.05) is 45.9 Å². The summed E-state index contributed by atoms with van der Waals surface area (Å²) >= 11 is 0. The van der Waals surface area contributed by atoms with Crippen LogP contribution in [0.3, 0.4) is 0 Å². The maximum absolute atomic E-state index is 12.9. The predicted octanol–water partition coefficient (Wildman–Crippen LogP) is 5.90. The molecule has 0 heterocycles. The number of hydrogen-bond acceptors (Lipinski definition) is 10. The van der Waals surface area contributed by atoms with E-state index in [0.29, 0.717) is 9.79 Å². The molecular weight excluding hydrogens is 601 g/mol. The summed E-state index contributed by atoms with van der Waals surface area (Å²) in [7, 11) is -5.77. The molecule has 0 aliphatic heterocycles. The molecule has 0 unspecified atom stereocenters. The van der Waals surface area contributed by atoms with Gasteiger partial charge in [-0.3, -0.25) is 29.7 Å². The molecule has 0 aliphatic carbocycles. The van der Waals surface area contributed by atoms with Crippen molar-refractivity contribution in [1.29, 1.82) is 0 Å². The second-order valence-corrected chi connectivity index (χ2v) is 13.4. The van der Waals surface area contributed by atoms with E-state index in [4.69, 9.17) is 0 Å². The quantitative estimate of drug-likeness (QED) is 0.117. The van der Waals surface area contributed by atoms with Gasteiger partial charge in [0.05, 0.1) is 31.0 Å². The van der Waals surface area contributed by atoms with Crippen molar-refractivity contribution in [3.63, 3.8) is 0 Å². The average molecular weight is 619 g/mol. The molecule has 0 aliphatic rings. The third-order valence-corrected chi connectivity index (χ3v) is 10.4. The number of para-hydroxylation sites is 2. The first-order chi connectivity index (χ1) is 19.0. The lowest BCUT2D eigenvalue weighted by molar-refractivity contribution is -0.385. The SMILES string of the molecule is O=[N+]([O-])c1ccc(S(=O)(=O)Nc2ccccc2SSc2ccccc2NS(=O)(=O)c2ccc([N+](=O)[O-])cc2)cc1. The Hall–Kier alpha value is -4.12. The topological polar surface area (TPSA) is 179 Å². The van der Waals surface area contributed by atoms with Gasteiger partial charge >= 0.3 is 0 Å². The molecule has 0 saturated heterocycles. The van der Waals surface area contributed by atoms with Gasteiger partial charge in [0.15, 0.2) is 0 Å². The minimum Gasteiger partial charge on any atom is -0.278 e. The predicted molar refractivity (Wildman–Crippen MR) is 152 cm³/mol. The van der Waals surface area contributed by atoms with Crippen LogP contribution in [0.25, 0.3) is 0 Å². The van der Waals surface area contributed by atoms with Crippen LogP contribution in [-0.4, -0.2) is 26.7 Å². The highest BCUT2D eigenvalue weighted by Crippen LogP contribution is 2.44. The van der Waals surface area contributed by atoms with Gasteiger partial charge in [0.1, 0.15) is 0 Å². The minimum atomic E-state index is -4.06. The molecular formula is C24H18N4O8S4. The van der Waals surface area contributed by atoms with Crippen LogP contribution in [0.2, 0.25) is 0 Å². The number of nitrogens with zero attached hydrogens (tertiary/aromatic N) is 2. The number of nitro groups is 2. The lowest BCUT2D eigenvalue weighted by Gasteiger charge is -2.14. The number of hydrogen-bond donors (Lipinski definition) is 2. The number of sulfonamides is 2. The van der Waals surface area contributed by atoms with Gasteiger partial charge in [0, 0.05) is 34.1 Å². The Labute approximate surface area is 236 Å². The standard InChI is InChI=1S/C24H18N4O8S4/c29-27(30)17-9-13-19(14-10-17)39(33,34)25-21-5-1-3-7-23(21)37-38-24-8-4-2-6-22(24)26-40(35,36)20-15-11-18(12-16-20)28(31)32/h1-16,25-26H. The van der Waals surface area contributed by atoms with E-state index < -0.39 is 29.9 Å². The fraction of sp³-hybridized carbons (Fsp3) is 0. The molecule has 16 heteroatoms. The molecule has 0 aromatic heterocycles. The Balaban J connectivity index is 1.52. The van der Waals surface area contributed by atoms with Crippen molar-refractivity contribution in [2.45, 2.75) is 19.6 Å². The number of rotatable bonds is 11. The fourth-order valence-corrected chi connectivity index (χ4v) is 7.80. The van der Waals surface area contributed by atoms with Crippen molar-refractivity contribution in [1.82, 2.24) is 0 Å². The van der Waals surface area contributed by atoms with Crippen LogP contribution < -0.4 is 9.44 Å². The molecule has 4 aromatic rings. The van der Waals surface area contributed by atoms with Gasteiger partial charge in [-0.2, -0.15) is 0 Å². The van der Waals surface area contributed by atoms with E-state index in [-0.39, 0.29) is 32.5 Å². The monoisotopic (exact) mass is 618 g/mol. The zero-order chi connectivity index (χ0) is 28.9. The van der Waals surface area contributed by atoms with Crippen molar-refractivity contribution in [2.75, 3.05) is 9.44 Å². The fourth-order valence-electron chi connectivity index (χ4n) is 3.24. The lowest BCUT2D eigenvalue weighted by atomic mass is 10.3. The molecule has 0 bridgehead atoms. The maximum atomic E-state index is 12.9. The Morgan fingerprint density at radius 1 is 0.525 bits per heavy atom. The van der Waals surface area contributed by atoms with Crippen LogP contribution >= 0.6 is 21.6 Å². The summed E-state index contributed by atoms with van der Waals surface area (Å²) in [5.41, 5.74) is 0.0212. The molecule has 0 spiro atoms. The van der Waals surface area contributed by atoms with E-state index in [1.165, 1.54) is 21.6 Å². The highest BCUT2D eigenvalue weighted by atomic mass is 33.1. The molecule has 2 N–H and O–H groups in total. The first kappa shape index (κ1) is 28.9. The van der Waals surface area contributed by atoms with Crippen molar-refractivity contribution in [2.24, 2.45) is 0 Å². The first-order valence-electron chi connectivity index (χ1n) is 11.0. The Kier molecular flexibility index (Phi) is 8.63. The molecule has 40 heavy (non-hydrogen) atoms. The summed E-state index contributed by atoms with van der Waals surface area (Å²) in [5, 5.41) is 21.7. The van der Waals surface area contributed by atoms with Crippen molar-refractivity contribution in [3.05, 3.63) is 117 Å². The van der Waals surface area contributed by atoms with Gasteiger partial charge < -0.3 is 0 Å². The van der Waals surface area contributed by atoms with E-state index in [1.807, 2.05) is 0 Å². The van der Waals surface area contributed by atoms with Crippen molar-refractivity contribution >= 4 is 64.4 Å². The van der Waals surface area contributed by atoms with Gasteiger partial charge in [-0.15, -0.1) is 0 Å². The number of benzene rings is 4. The highest BCUT2D eigenvalue weighted by molar-refractivity contribution is 8.76. The van der Waals surface area contributed by atoms with E-state index in [0.717, 1.165) is 48.5 Å². The third-order valence-electron chi connectivity index (χ3n) is 5.20. The summed E-state index contributed by atoms with van der Waals surface area (Å²) in [6, 6.07) is 22.1. The smallest absolute Gasteiger partial charge is 0.269 e. The van der Waals surface area contributed by atoms with Crippen LogP contribution in [0.1, 0.15) is 0 Å². The average Bonchev–Trinajstić information content (AvgIpc) is 2.93. The minimum absolute atomic E-state index is 0.156. The van der Waals surface area contributed by atoms with Crippen LogP contribution in [0, 0.1) is 20.2 Å². The van der Waals surface area contributed by atoms with Crippen molar-refractivity contribution < 1.29 is 26.7 Å². The Morgan fingerprint density at radius 2 is 0.850 bits per heavy atom. The van der Waals surface area contributed by atoms with Gasteiger partial charge in [0.2, 0.25) is 0 Å². The van der Waals surface area contributed by atoms with Crippen LogP contribution in [0.4, 0.5) is 22.7 Å². The van der Waals surface area contributed by atoms with E-state index in [1.54, 1.807) is 48.5 Å². The normalized spacial score (nSPS) is 11.5. The molecule has 12 nitrogen and oxygen atoms in total.